The van der Waals surface area contributed by atoms with Gasteiger partial charge in [0.15, 0.2) is 11.5 Å². The molecular weight excluding hydrogens is 422 g/mol. The van der Waals surface area contributed by atoms with Gasteiger partial charge < -0.3 is 33.7 Å². The highest BCUT2D eigenvalue weighted by atomic mass is 16.5. The molecule has 1 N–H and O–H groups in total. The summed E-state index contributed by atoms with van der Waals surface area (Å²) in [5, 5.41) is 11.0. The lowest BCUT2D eigenvalue weighted by Crippen LogP contribution is -2.35. The highest BCUT2D eigenvalue weighted by Gasteiger charge is 2.27. The number of piperidine rings is 1. The van der Waals surface area contributed by atoms with E-state index < -0.39 is 0 Å². The van der Waals surface area contributed by atoms with Crippen LogP contribution in [-0.4, -0.2) is 65.2 Å². The fourth-order valence-electron chi connectivity index (χ4n) is 4.81. The number of methoxy groups -OCH3 is 5. The van der Waals surface area contributed by atoms with Gasteiger partial charge in [-0.1, -0.05) is 6.92 Å². The van der Waals surface area contributed by atoms with E-state index in [1.807, 2.05) is 18.2 Å². The number of phenols is 1. The number of likely N-dealkylation sites (tertiary alicyclic amines) is 1. The number of hydrogen-bond donors (Lipinski definition) is 1. The number of rotatable bonds is 10. The molecule has 1 aliphatic heterocycles. The summed E-state index contributed by atoms with van der Waals surface area (Å²) in [4.78, 5) is 2.51. The van der Waals surface area contributed by atoms with Crippen molar-refractivity contribution in [3.05, 3.63) is 35.4 Å². The molecule has 2 atom stereocenters. The van der Waals surface area contributed by atoms with E-state index in [1.165, 1.54) is 12.8 Å². The first-order valence-corrected chi connectivity index (χ1v) is 11.4. The third kappa shape index (κ3) is 5.58. The lowest BCUT2D eigenvalue weighted by molar-refractivity contribution is 0.180. The summed E-state index contributed by atoms with van der Waals surface area (Å²) in [6, 6.07) is 7.34. The van der Waals surface area contributed by atoms with Crippen LogP contribution in [0, 0.1) is 5.92 Å². The monoisotopic (exact) mass is 459 g/mol. The second-order valence-electron chi connectivity index (χ2n) is 8.61. The summed E-state index contributed by atoms with van der Waals surface area (Å²) < 4.78 is 27.8. The van der Waals surface area contributed by atoms with Crippen molar-refractivity contribution in [1.82, 2.24) is 4.90 Å². The highest BCUT2D eigenvalue weighted by Crippen LogP contribution is 2.47. The molecule has 1 aliphatic rings. The third-order valence-electron chi connectivity index (χ3n) is 6.46. The van der Waals surface area contributed by atoms with Crippen LogP contribution >= 0.6 is 0 Å². The molecule has 0 bridgehead atoms. The fraction of sp³-hybridized carbons (Fsp3) is 0.538. The zero-order valence-electron chi connectivity index (χ0n) is 20.6. The highest BCUT2D eigenvalue weighted by molar-refractivity contribution is 5.59. The van der Waals surface area contributed by atoms with Crippen molar-refractivity contribution in [3.8, 4) is 34.5 Å². The van der Waals surface area contributed by atoms with Crippen LogP contribution < -0.4 is 23.7 Å². The number of nitrogens with zero attached hydrogens (tertiary/aromatic N) is 1. The normalized spacial score (nSPS) is 17.3. The van der Waals surface area contributed by atoms with Gasteiger partial charge in [-0.25, -0.2) is 0 Å². The first-order chi connectivity index (χ1) is 15.9. The lowest BCUT2D eigenvalue weighted by Gasteiger charge is -2.32. The van der Waals surface area contributed by atoms with Gasteiger partial charge in [-0.2, -0.15) is 0 Å². The molecule has 0 radical (unpaired) electrons. The van der Waals surface area contributed by atoms with Crippen LogP contribution in [0.15, 0.2) is 24.3 Å². The van der Waals surface area contributed by atoms with Gasteiger partial charge in [0.2, 0.25) is 5.75 Å². The maximum atomic E-state index is 11.0. The van der Waals surface area contributed by atoms with Crippen molar-refractivity contribution >= 4 is 0 Å². The molecule has 1 fully saturated rings. The summed E-state index contributed by atoms with van der Waals surface area (Å²) in [5.41, 5.74) is 1.67. The second-order valence-corrected chi connectivity index (χ2v) is 8.61. The third-order valence-corrected chi connectivity index (χ3v) is 6.46. The van der Waals surface area contributed by atoms with E-state index in [2.05, 4.69) is 11.8 Å². The van der Waals surface area contributed by atoms with Crippen LogP contribution in [0.4, 0.5) is 0 Å². The molecule has 0 amide bonds. The zero-order chi connectivity index (χ0) is 24.0. The van der Waals surface area contributed by atoms with Gasteiger partial charge in [0.1, 0.15) is 17.2 Å². The minimum Gasteiger partial charge on any atom is -0.507 e. The molecule has 0 spiro atoms. The minimum absolute atomic E-state index is 0.136. The molecule has 0 unspecified atom stereocenters. The molecule has 182 valence electrons. The quantitative estimate of drug-likeness (QED) is 0.553. The average Bonchev–Trinajstić information content (AvgIpc) is 2.83. The SMILES string of the molecule is COc1cc(O)c([C@H](CCN2CCC[C@H](C)C2)c2cc(OC)c(OC)c(OC)c2)c(OC)c1. The van der Waals surface area contributed by atoms with E-state index in [1.54, 1.807) is 41.6 Å². The van der Waals surface area contributed by atoms with Gasteiger partial charge in [-0.05, 0) is 56.0 Å². The number of phenolic OH excluding ortho intramolecular Hbond substituents is 1. The van der Waals surface area contributed by atoms with E-state index in [-0.39, 0.29) is 11.7 Å². The first kappa shape index (κ1) is 24.8. The number of hydrogen-bond acceptors (Lipinski definition) is 7. The van der Waals surface area contributed by atoms with Crippen molar-refractivity contribution in [2.75, 3.05) is 55.2 Å². The summed E-state index contributed by atoms with van der Waals surface area (Å²) in [6.07, 6.45) is 3.29. The van der Waals surface area contributed by atoms with Crippen molar-refractivity contribution in [2.24, 2.45) is 5.92 Å². The molecular formula is C26H37NO6. The maximum absolute atomic E-state index is 11.0. The van der Waals surface area contributed by atoms with Gasteiger partial charge in [0.25, 0.3) is 0 Å². The van der Waals surface area contributed by atoms with Crippen LogP contribution in [0.3, 0.4) is 0 Å². The Hall–Kier alpha value is -2.80. The van der Waals surface area contributed by atoms with Crippen molar-refractivity contribution in [3.63, 3.8) is 0 Å². The Kier molecular flexibility index (Phi) is 8.55. The molecule has 33 heavy (non-hydrogen) atoms. The van der Waals surface area contributed by atoms with E-state index in [0.717, 1.165) is 37.2 Å². The second kappa shape index (κ2) is 11.4. The zero-order valence-corrected chi connectivity index (χ0v) is 20.6. The molecule has 1 saturated heterocycles. The van der Waals surface area contributed by atoms with Crippen molar-refractivity contribution in [1.29, 1.82) is 0 Å². The van der Waals surface area contributed by atoms with Crippen LogP contribution in [0.5, 0.6) is 34.5 Å². The van der Waals surface area contributed by atoms with Gasteiger partial charge in [-0.3, -0.25) is 0 Å². The molecule has 0 aliphatic carbocycles. The van der Waals surface area contributed by atoms with Gasteiger partial charge in [0, 0.05) is 30.2 Å². The molecule has 2 aromatic rings. The Labute approximate surface area is 197 Å². The Balaban J connectivity index is 2.08. The van der Waals surface area contributed by atoms with Gasteiger partial charge in [-0.15, -0.1) is 0 Å². The fourth-order valence-corrected chi connectivity index (χ4v) is 4.81. The van der Waals surface area contributed by atoms with E-state index in [0.29, 0.717) is 34.7 Å². The standard InChI is InChI=1S/C26H37NO6/c1-17-8-7-10-27(16-17)11-9-20(25-21(28)14-19(29-2)15-22(25)30-3)18-12-23(31-4)26(33-6)24(13-18)32-5/h12-15,17,20,28H,7-11,16H2,1-6H3/t17-,20+/m0/s1. The predicted octanol–water partition coefficient (Wildman–Crippen LogP) is 4.69. The van der Waals surface area contributed by atoms with E-state index in [4.69, 9.17) is 23.7 Å². The molecule has 7 heteroatoms. The lowest BCUT2D eigenvalue weighted by atomic mass is 9.86. The molecule has 1 heterocycles. The Bertz CT molecular complexity index is 906. The van der Waals surface area contributed by atoms with Gasteiger partial charge in [0.05, 0.1) is 35.5 Å². The van der Waals surface area contributed by atoms with Crippen molar-refractivity contribution < 1.29 is 28.8 Å². The van der Waals surface area contributed by atoms with Crippen LogP contribution in [0.1, 0.15) is 43.2 Å². The summed E-state index contributed by atoms with van der Waals surface area (Å²) >= 11 is 0. The summed E-state index contributed by atoms with van der Waals surface area (Å²) in [5.74, 6) is 3.50. The van der Waals surface area contributed by atoms with Crippen LogP contribution in [-0.2, 0) is 0 Å². The Morgan fingerprint density at radius 3 is 2.12 bits per heavy atom. The minimum atomic E-state index is -0.156. The summed E-state index contributed by atoms with van der Waals surface area (Å²) in [6.45, 7) is 5.40. The Morgan fingerprint density at radius 2 is 1.58 bits per heavy atom. The topological polar surface area (TPSA) is 69.6 Å². The molecule has 2 aromatic carbocycles. The number of benzene rings is 2. The van der Waals surface area contributed by atoms with Gasteiger partial charge >= 0.3 is 0 Å². The molecule has 3 rings (SSSR count). The predicted molar refractivity (Wildman–Crippen MR) is 129 cm³/mol. The maximum Gasteiger partial charge on any atom is 0.203 e. The average molecular weight is 460 g/mol. The van der Waals surface area contributed by atoms with Crippen LogP contribution in [0.2, 0.25) is 0 Å². The smallest absolute Gasteiger partial charge is 0.203 e. The van der Waals surface area contributed by atoms with E-state index >= 15 is 0 Å². The molecule has 0 aromatic heterocycles. The summed E-state index contributed by atoms with van der Waals surface area (Å²) in [7, 11) is 7.99. The van der Waals surface area contributed by atoms with E-state index in [9.17, 15) is 5.11 Å². The Morgan fingerprint density at radius 1 is 0.909 bits per heavy atom. The number of ether oxygens (including phenoxy) is 5. The molecule has 7 nitrogen and oxygen atoms in total. The first-order valence-electron chi connectivity index (χ1n) is 11.4. The largest absolute Gasteiger partial charge is 0.507 e. The number of aromatic hydroxyl groups is 1. The molecule has 0 saturated carbocycles. The van der Waals surface area contributed by atoms with Crippen LogP contribution in [0.25, 0.3) is 0 Å². The van der Waals surface area contributed by atoms with Crippen molar-refractivity contribution in [2.45, 2.75) is 32.1 Å².